The monoisotopic (exact) mass is 269 g/mol. The molecular formula is C14H11N3O3. The average molecular weight is 269 g/mol. The maximum absolute atomic E-state index is 11.6. The van der Waals surface area contributed by atoms with E-state index in [2.05, 4.69) is 0 Å². The lowest BCUT2D eigenvalue weighted by molar-refractivity contribution is -0.120. The summed E-state index contributed by atoms with van der Waals surface area (Å²) >= 11 is 0. The van der Waals surface area contributed by atoms with Crippen molar-refractivity contribution >= 4 is 17.5 Å². The Balaban J connectivity index is 2.08. The molecule has 6 heteroatoms. The summed E-state index contributed by atoms with van der Waals surface area (Å²) in [4.78, 5) is 13.2. The minimum Gasteiger partial charge on any atom is -0.482 e. The van der Waals surface area contributed by atoms with Crippen LogP contribution in [0.1, 0.15) is 5.56 Å². The van der Waals surface area contributed by atoms with Crippen LogP contribution >= 0.6 is 0 Å². The van der Waals surface area contributed by atoms with Crippen molar-refractivity contribution in [3.63, 3.8) is 0 Å². The van der Waals surface area contributed by atoms with Gasteiger partial charge < -0.3 is 19.8 Å². The smallest absolute Gasteiger partial charge is 0.264 e. The molecule has 2 N–H and O–H groups in total. The van der Waals surface area contributed by atoms with Crippen molar-refractivity contribution in [1.29, 1.82) is 5.26 Å². The Morgan fingerprint density at radius 2 is 2.20 bits per heavy atom. The molecule has 0 saturated heterocycles. The molecule has 100 valence electrons. The Morgan fingerprint density at radius 1 is 1.40 bits per heavy atom. The fraction of sp³-hybridized carbons (Fsp3) is 0.143. The highest BCUT2D eigenvalue weighted by molar-refractivity contribution is 5.98. The summed E-state index contributed by atoms with van der Waals surface area (Å²) in [6.07, 6.45) is 0. The second-order valence-corrected chi connectivity index (χ2v) is 4.42. The third-order valence-corrected chi connectivity index (χ3v) is 3.21. The summed E-state index contributed by atoms with van der Waals surface area (Å²) in [6.45, 7) is 0.0368. The predicted octanol–water partition coefficient (Wildman–Crippen LogP) is 1.76. The highest BCUT2D eigenvalue weighted by Gasteiger charge is 2.23. The number of rotatable bonds is 1. The van der Waals surface area contributed by atoms with Crippen LogP contribution in [-0.2, 0) is 4.79 Å². The van der Waals surface area contributed by atoms with Gasteiger partial charge in [0.1, 0.15) is 23.1 Å². The zero-order valence-corrected chi connectivity index (χ0v) is 10.7. The lowest BCUT2D eigenvalue weighted by atomic mass is 10.1. The molecule has 1 aliphatic rings. The molecular weight excluding hydrogens is 258 g/mol. The van der Waals surface area contributed by atoms with Gasteiger partial charge in [0, 0.05) is 18.7 Å². The topological polar surface area (TPSA) is 92.5 Å². The summed E-state index contributed by atoms with van der Waals surface area (Å²) < 4.78 is 10.7. The molecule has 1 amide bonds. The minimum atomic E-state index is -0.119. The van der Waals surface area contributed by atoms with Crippen LogP contribution in [0.3, 0.4) is 0 Å². The highest BCUT2D eigenvalue weighted by Crippen LogP contribution is 2.36. The number of furan rings is 1. The number of hydrogen-bond acceptors (Lipinski definition) is 5. The van der Waals surface area contributed by atoms with E-state index in [1.165, 1.54) is 4.90 Å². The second-order valence-electron chi connectivity index (χ2n) is 4.42. The first-order valence-corrected chi connectivity index (χ1v) is 5.93. The molecule has 1 aromatic carbocycles. The van der Waals surface area contributed by atoms with E-state index in [0.717, 1.165) is 5.56 Å². The van der Waals surface area contributed by atoms with E-state index in [0.29, 0.717) is 22.8 Å². The maximum Gasteiger partial charge on any atom is 0.264 e. The normalized spacial score (nSPS) is 13.6. The van der Waals surface area contributed by atoms with Gasteiger partial charge in [0.05, 0.1) is 5.69 Å². The summed E-state index contributed by atoms with van der Waals surface area (Å²) in [7, 11) is 1.69. The molecule has 0 saturated carbocycles. The lowest BCUT2D eigenvalue weighted by Crippen LogP contribution is -2.35. The SMILES string of the molecule is CN1C(=O)COc2ccc(-c3cc(C#N)c(N)o3)cc21. The molecule has 20 heavy (non-hydrogen) atoms. The summed E-state index contributed by atoms with van der Waals surface area (Å²) in [5.74, 6) is 1.08. The van der Waals surface area contributed by atoms with Crippen molar-refractivity contribution in [1.82, 2.24) is 0 Å². The van der Waals surface area contributed by atoms with Gasteiger partial charge in [-0.25, -0.2) is 0 Å². The van der Waals surface area contributed by atoms with E-state index in [1.54, 1.807) is 31.3 Å². The zero-order chi connectivity index (χ0) is 14.3. The first-order valence-electron chi connectivity index (χ1n) is 5.93. The number of carbonyl (C=O) groups is 1. The molecule has 2 aromatic rings. The van der Waals surface area contributed by atoms with Gasteiger partial charge in [-0.15, -0.1) is 0 Å². The van der Waals surface area contributed by atoms with Crippen LogP contribution in [-0.4, -0.2) is 19.6 Å². The van der Waals surface area contributed by atoms with Crippen LogP contribution in [0, 0.1) is 11.3 Å². The van der Waals surface area contributed by atoms with Crippen molar-refractivity contribution in [3.8, 4) is 23.1 Å². The minimum absolute atomic E-state index is 0.0368. The largest absolute Gasteiger partial charge is 0.482 e. The van der Waals surface area contributed by atoms with Crippen LogP contribution < -0.4 is 15.4 Å². The molecule has 0 fully saturated rings. The van der Waals surface area contributed by atoms with Crippen molar-refractivity contribution in [2.45, 2.75) is 0 Å². The fourth-order valence-electron chi connectivity index (χ4n) is 2.06. The highest BCUT2D eigenvalue weighted by atomic mass is 16.5. The molecule has 0 spiro atoms. The molecule has 0 unspecified atom stereocenters. The number of anilines is 2. The zero-order valence-electron chi connectivity index (χ0n) is 10.7. The van der Waals surface area contributed by atoms with E-state index in [1.807, 2.05) is 6.07 Å². The number of nitriles is 1. The molecule has 0 atom stereocenters. The first-order chi connectivity index (χ1) is 9.60. The number of nitrogens with zero attached hydrogens (tertiary/aromatic N) is 2. The van der Waals surface area contributed by atoms with E-state index in [9.17, 15) is 4.79 Å². The summed E-state index contributed by atoms with van der Waals surface area (Å²) in [5.41, 5.74) is 7.27. The van der Waals surface area contributed by atoms with Gasteiger partial charge in [-0.1, -0.05) is 0 Å². The summed E-state index contributed by atoms with van der Waals surface area (Å²) in [5, 5.41) is 8.88. The third-order valence-electron chi connectivity index (χ3n) is 3.21. The first kappa shape index (κ1) is 12.1. The second kappa shape index (κ2) is 4.31. The van der Waals surface area contributed by atoms with E-state index in [-0.39, 0.29) is 18.4 Å². The van der Waals surface area contributed by atoms with E-state index < -0.39 is 0 Å². The van der Waals surface area contributed by atoms with Gasteiger partial charge in [-0.05, 0) is 18.2 Å². The van der Waals surface area contributed by atoms with E-state index >= 15 is 0 Å². The number of nitrogens with two attached hydrogens (primary N) is 1. The molecule has 1 aromatic heterocycles. The van der Waals surface area contributed by atoms with Gasteiger partial charge in [0.15, 0.2) is 6.61 Å². The Kier molecular flexibility index (Phi) is 2.61. The number of likely N-dealkylation sites (N-methyl/N-ethyl adjacent to an activating group) is 1. The molecule has 0 radical (unpaired) electrons. The quantitative estimate of drug-likeness (QED) is 0.851. The Morgan fingerprint density at radius 3 is 2.90 bits per heavy atom. The van der Waals surface area contributed by atoms with Crippen LogP contribution in [0.2, 0.25) is 0 Å². The molecule has 2 heterocycles. The number of nitrogen functional groups attached to an aromatic ring is 1. The molecule has 6 nitrogen and oxygen atoms in total. The number of hydrogen-bond donors (Lipinski definition) is 1. The number of ether oxygens (including phenoxy) is 1. The number of amides is 1. The van der Waals surface area contributed by atoms with Gasteiger partial charge in [-0.3, -0.25) is 4.79 Å². The van der Waals surface area contributed by atoms with Crippen molar-refractivity contribution < 1.29 is 13.9 Å². The Bertz CT molecular complexity index is 743. The van der Waals surface area contributed by atoms with Crippen LogP contribution in [0.15, 0.2) is 28.7 Å². The lowest BCUT2D eigenvalue weighted by Gasteiger charge is -2.26. The van der Waals surface area contributed by atoms with Gasteiger partial charge in [0.25, 0.3) is 5.91 Å². The average Bonchev–Trinajstić information content (AvgIpc) is 2.84. The molecule has 1 aliphatic heterocycles. The molecule has 0 bridgehead atoms. The van der Waals surface area contributed by atoms with Crippen molar-refractivity contribution in [3.05, 3.63) is 29.8 Å². The molecule has 3 rings (SSSR count). The van der Waals surface area contributed by atoms with Crippen LogP contribution in [0.25, 0.3) is 11.3 Å². The predicted molar refractivity (Wildman–Crippen MR) is 72.2 cm³/mol. The van der Waals surface area contributed by atoms with Gasteiger partial charge in [0.2, 0.25) is 5.88 Å². The third kappa shape index (κ3) is 1.77. The van der Waals surface area contributed by atoms with E-state index in [4.69, 9.17) is 20.1 Å². The maximum atomic E-state index is 11.6. The number of benzene rings is 1. The number of carbonyl (C=O) groups excluding carboxylic acids is 1. The fourth-order valence-corrected chi connectivity index (χ4v) is 2.06. The van der Waals surface area contributed by atoms with Gasteiger partial charge >= 0.3 is 0 Å². The Labute approximate surface area is 115 Å². The van der Waals surface area contributed by atoms with Gasteiger partial charge in [-0.2, -0.15) is 5.26 Å². The van der Waals surface area contributed by atoms with Crippen molar-refractivity contribution in [2.75, 3.05) is 24.3 Å². The number of fused-ring (bicyclic) bond motifs is 1. The molecule has 0 aliphatic carbocycles. The summed E-state index contributed by atoms with van der Waals surface area (Å²) in [6, 6.07) is 8.85. The van der Waals surface area contributed by atoms with Crippen LogP contribution in [0.4, 0.5) is 11.6 Å². The van der Waals surface area contributed by atoms with Crippen LogP contribution in [0.5, 0.6) is 5.75 Å². The van der Waals surface area contributed by atoms with Crippen molar-refractivity contribution in [2.24, 2.45) is 0 Å². The standard InChI is InChI=1S/C14H11N3O3/c1-17-10-4-8(2-3-11(10)19-7-13(17)18)12-5-9(6-15)14(16)20-12/h2-5H,7,16H2,1H3. The Hall–Kier alpha value is -2.94.